The van der Waals surface area contributed by atoms with Crippen LogP contribution in [0.5, 0.6) is 0 Å². The highest BCUT2D eigenvalue weighted by Crippen LogP contribution is 2.41. The summed E-state index contributed by atoms with van der Waals surface area (Å²) in [6, 6.07) is 7.76. The highest BCUT2D eigenvalue weighted by atomic mass is 32.2. The number of thioether (sulfide) groups is 1. The van der Waals surface area contributed by atoms with E-state index in [1.807, 2.05) is 49.9 Å². The number of carbonyl (C=O) groups is 1. The van der Waals surface area contributed by atoms with Gasteiger partial charge in [0.1, 0.15) is 0 Å². The lowest BCUT2D eigenvalue weighted by Gasteiger charge is -2.24. The minimum atomic E-state index is -3.03. The number of fused-ring (bicyclic) bond motifs is 1. The molecule has 7 heteroatoms. The molecule has 3 atom stereocenters. The number of hydrogen-bond donors (Lipinski definition) is 0. The Morgan fingerprint density at radius 3 is 2.62 bits per heavy atom. The third kappa shape index (κ3) is 3.37. The molecule has 3 rings (SSSR count). The van der Waals surface area contributed by atoms with E-state index < -0.39 is 9.84 Å². The first-order valence-electron chi connectivity index (χ1n) is 8.16. The fourth-order valence-electron chi connectivity index (χ4n) is 2.95. The number of amides is 1. The van der Waals surface area contributed by atoms with Gasteiger partial charge in [-0.2, -0.15) is 4.99 Å². The van der Waals surface area contributed by atoms with Gasteiger partial charge in [-0.05, 0) is 25.5 Å². The van der Waals surface area contributed by atoms with Crippen LogP contribution in [0.4, 0.5) is 5.69 Å². The van der Waals surface area contributed by atoms with Gasteiger partial charge in [0.05, 0.1) is 17.5 Å². The average Bonchev–Trinajstić information content (AvgIpc) is 2.98. The van der Waals surface area contributed by atoms with Crippen molar-refractivity contribution in [2.24, 2.45) is 10.9 Å². The van der Waals surface area contributed by atoms with E-state index >= 15 is 0 Å². The van der Waals surface area contributed by atoms with Gasteiger partial charge in [-0.3, -0.25) is 4.79 Å². The van der Waals surface area contributed by atoms with E-state index in [2.05, 4.69) is 4.99 Å². The Hall–Kier alpha value is -1.34. The smallest absolute Gasteiger partial charge is 0.250 e. The van der Waals surface area contributed by atoms with Gasteiger partial charge >= 0.3 is 0 Å². The average molecular weight is 367 g/mol. The molecule has 2 aliphatic rings. The SMILES string of the molecule is CC[C@H](C)C(=O)N=C1S[C@H]2CS(=O)(=O)C[C@H]2N1c1ccc(C)cc1. The number of rotatable bonds is 3. The Kier molecular flexibility index (Phi) is 4.75. The van der Waals surface area contributed by atoms with Crippen LogP contribution in [0.25, 0.3) is 0 Å². The normalized spacial score (nSPS) is 28.1. The lowest BCUT2D eigenvalue weighted by atomic mass is 10.1. The van der Waals surface area contributed by atoms with Gasteiger partial charge in [0.15, 0.2) is 15.0 Å². The van der Waals surface area contributed by atoms with Crippen LogP contribution in [0.2, 0.25) is 0 Å². The zero-order chi connectivity index (χ0) is 17.5. The molecule has 0 aromatic heterocycles. The molecule has 2 aliphatic heterocycles. The molecule has 2 fully saturated rings. The predicted molar refractivity (Wildman–Crippen MR) is 99.4 cm³/mol. The van der Waals surface area contributed by atoms with E-state index in [0.29, 0.717) is 5.17 Å². The number of hydrogen-bond acceptors (Lipinski definition) is 4. The Balaban J connectivity index is 1.98. The molecule has 2 heterocycles. The topological polar surface area (TPSA) is 66.8 Å². The Morgan fingerprint density at radius 2 is 2.00 bits per heavy atom. The second-order valence-corrected chi connectivity index (χ2v) is 9.91. The number of aryl methyl sites for hydroxylation is 1. The highest BCUT2D eigenvalue weighted by Gasteiger charge is 2.49. The molecular formula is C17H22N2O3S2. The zero-order valence-electron chi connectivity index (χ0n) is 14.1. The highest BCUT2D eigenvalue weighted by molar-refractivity contribution is 8.16. The zero-order valence-corrected chi connectivity index (χ0v) is 15.7. The van der Waals surface area contributed by atoms with Crippen molar-refractivity contribution < 1.29 is 13.2 Å². The van der Waals surface area contributed by atoms with Crippen LogP contribution in [0, 0.1) is 12.8 Å². The molecule has 1 aromatic rings. The van der Waals surface area contributed by atoms with Crippen LogP contribution in [0.3, 0.4) is 0 Å². The monoisotopic (exact) mass is 366 g/mol. The van der Waals surface area contributed by atoms with Crippen molar-refractivity contribution in [1.82, 2.24) is 0 Å². The third-order valence-electron chi connectivity index (χ3n) is 4.62. The molecule has 0 unspecified atom stereocenters. The minimum absolute atomic E-state index is 0.0558. The quantitative estimate of drug-likeness (QED) is 0.823. The lowest BCUT2D eigenvalue weighted by molar-refractivity contribution is -0.121. The molecule has 1 aromatic carbocycles. The molecule has 0 aliphatic carbocycles. The predicted octanol–water partition coefficient (Wildman–Crippen LogP) is 2.64. The van der Waals surface area contributed by atoms with Crippen molar-refractivity contribution in [3.8, 4) is 0 Å². The van der Waals surface area contributed by atoms with Crippen LogP contribution in [-0.4, -0.2) is 42.3 Å². The number of benzene rings is 1. The minimum Gasteiger partial charge on any atom is -0.316 e. The maximum Gasteiger partial charge on any atom is 0.250 e. The summed E-state index contributed by atoms with van der Waals surface area (Å²) < 4.78 is 24.0. The van der Waals surface area contributed by atoms with Crippen molar-refractivity contribution in [1.29, 1.82) is 0 Å². The molecular weight excluding hydrogens is 344 g/mol. The number of anilines is 1. The molecule has 0 spiro atoms. The maximum atomic E-state index is 12.3. The largest absolute Gasteiger partial charge is 0.316 e. The second-order valence-electron chi connectivity index (χ2n) is 6.55. The van der Waals surface area contributed by atoms with Crippen molar-refractivity contribution in [2.45, 2.75) is 38.5 Å². The van der Waals surface area contributed by atoms with Crippen molar-refractivity contribution in [3.63, 3.8) is 0 Å². The number of aliphatic imine (C=N–C) groups is 1. The Bertz CT molecular complexity index is 772. The Morgan fingerprint density at radius 1 is 1.33 bits per heavy atom. The van der Waals surface area contributed by atoms with Crippen LogP contribution in [0.1, 0.15) is 25.8 Å². The first-order valence-corrected chi connectivity index (χ1v) is 10.9. The summed E-state index contributed by atoms with van der Waals surface area (Å²) in [7, 11) is -3.03. The molecule has 0 saturated carbocycles. The Labute approximate surface area is 147 Å². The fraction of sp³-hybridized carbons (Fsp3) is 0.529. The molecule has 1 amide bonds. The summed E-state index contributed by atoms with van der Waals surface area (Å²) in [4.78, 5) is 18.5. The van der Waals surface area contributed by atoms with Gasteiger partial charge in [-0.15, -0.1) is 0 Å². The van der Waals surface area contributed by atoms with Crippen molar-refractivity contribution >= 4 is 38.4 Å². The summed E-state index contributed by atoms with van der Waals surface area (Å²) in [5, 5.41) is 0.578. The van der Waals surface area contributed by atoms with Gasteiger partial charge in [-0.25, -0.2) is 8.42 Å². The van der Waals surface area contributed by atoms with E-state index in [9.17, 15) is 13.2 Å². The van der Waals surface area contributed by atoms with E-state index in [4.69, 9.17) is 0 Å². The van der Waals surface area contributed by atoms with Crippen molar-refractivity contribution in [3.05, 3.63) is 29.8 Å². The van der Waals surface area contributed by atoms with E-state index in [-0.39, 0.29) is 34.6 Å². The molecule has 0 radical (unpaired) electrons. The van der Waals surface area contributed by atoms with E-state index in [1.54, 1.807) is 0 Å². The molecule has 2 saturated heterocycles. The van der Waals surface area contributed by atoms with Gasteiger partial charge in [0.25, 0.3) is 5.91 Å². The summed E-state index contributed by atoms with van der Waals surface area (Å²) in [5.74, 6) is 0.0122. The van der Waals surface area contributed by atoms with Crippen molar-refractivity contribution in [2.75, 3.05) is 16.4 Å². The third-order valence-corrected chi connectivity index (χ3v) is 7.83. The first-order chi connectivity index (χ1) is 11.3. The molecule has 0 bridgehead atoms. The van der Waals surface area contributed by atoms with E-state index in [1.165, 1.54) is 11.8 Å². The van der Waals surface area contributed by atoms with Gasteiger partial charge in [-0.1, -0.05) is 43.3 Å². The molecule has 0 N–H and O–H groups in total. The van der Waals surface area contributed by atoms with E-state index in [0.717, 1.165) is 17.7 Å². The van der Waals surface area contributed by atoms with Gasteiger partial charge in [0.2, 0.25) is 0 Å². The number of amidine groups is 1. The summed E-state index contributed by atoms with van der Waals surface area (Å²) in [5.41, 5.74) is 2.03. The summed E-state index contributed by atoms with van der Waals surface area (Å²) in [6.07, 6.45) is 0.742. The first kappa shape index (κ1) is 17.5. The summed E-state index contributed by atoms with van der Waals surface area (Å²) >= 11 is 1.42. The number of carbonyl (C=O) groups excluding carboxylic acids is 1. The number of sulfone groups is 1. The lowest BCUT2D eigenvalue weighted by Crippen LogP contribution is -2.37. The summed E-state index contributed by atoms with van der Waals surface area (Å²) in [6.45, 7) is 5.84. The standard InChI is InChI=1S/C17H22N2O3S2/c1-4-12(3)16(20)18-17-19(13-7-5-11(2)6-8-13)14-9-24(21,22)10-15(14)23-17/h5-8,12,14-15H,4,9-10H2,1-3H3/t12-,14+,15-/m0/s1. The van der Waals surface area contributed by atoms with Gasteiger partial charge in [0, 0.05) is 16.9 Å². The maximum absolute atomic E-state index is 12.3. The van der Waals surface area contributed by atoms with Crippen LogP contribution in [0.15, 0.2) is 29.3 Å². The van der Waals surface area contributed by atoms with Crippen LogP contribution >= 0.6 is 11.8 Å². The molecule has 130 valence electrons. The molecule has 5 nitrogen and oxygen atoms in total. The second kappa shape index (κ2) is 6.52. The van der Waals surface area contributed by atoms with Crippen LogP contribution in [-0.2, 0) is 14.6 Å². The van der Waals surface area contributed by atoms with Crippen LogP contribution < -0.4 is 4.90 Å². The number of nitrogens with zero attached hydrogens (tertiary/aromatic N) is 2. The van der Waals surface area contributed by atoms with Gasteiger partial charge < -0.3 is 4.90 Å². The fourth-order valence-corrected chi connectivity index (χ4v) is 6.87. The molecule has 24 heavy (non-hydrogen) atoms.